The third kappa shape index (κ3) is 3.75. The summed E-state index contributed by atoms with van der Waals surface area (Å²) in [5, 5.41) is 4.44. The highest BCUT2D eigenvalue weighted by molar-refractivity contribution is 7.17. The van der Waals surface area contributed by atoms with E-state index >= 15 is 0 Å². The molecule has 25 heavy (non-hydrogen) atoms. The Bertz CT molecular complexity index is 837. The molecule has 1 aliphatic rings. The Balaban J connectivity index is 1.39. The minimum Gasteiger partial charge on any atom is -0.296 e. The van der Waals surface area contributed by atoms with Gasteiger partial charge in [0.2, 0.25) is 0 Å². The van der Waals surface area contributed by atoms with E-state index in [0.29, 0.717) is 6.04 Å². The molecule has 0 spiro atoms. The van der Waals surface area contributed by atoms with Crippen LogP contribution in [0.15, 0.2) is 53.9 Å². The number of hydrogen-bond acceptors (Lipinski definition) is 3. The van der Waals surface area contributed by atoms with Gasteiger partial charge in [-0.1, -0.05) is 41.9 Å². The zero-order chi connectivity index (χ0) is 17.2. The monoisotopic (exact) mass is 370 g/mol. The van der Waals surface area contributed by atoms with Crippen molar-refractivity contribution in [2.75, 3.05) is 26.2 Å². The topological polar surface area (TPSA) is 6.48 Å². The molecule has 1 atom stereocenters. The van der Waals surface area contributed by atoms with E-state index in [2.05, 4.69) is 64.6 Å². The number of thiophene rings is 1. The van der Waals surface area contributed by atoms with Gasteiger partial charge in [0.1, 0.15) is 0 Å². The first-order valence-corrected chi connectivity index (χ1v) is 10.1. The van der Waals surface area contributed by atoms with E-state index in [0.717, 1.165) is 37.7 Å². The number of piperazine rings is 1. The Labute approximate surface area is 158 Å². The van der Waals surface area contributed by atoms with Gasteiger partial charge in [0.25, 0.3) is 0 Å². The molecule has 1 fully saturated rings. The van der Waals surface area contributed by atoms with Crippen molar-refractivity contribution in [1.82, 2.24) is 9.80 Å². The first kappa shape index (κ1) is 17.0. The molecule has 0 N–H and O–H groups in total. The summed E-state index contributed by atoms with van der Waals surface area (Å²) in [6, 6.07) is 17.5. The van der Waals surface area contributed by atoms with Crippen LogP contribution in [0.5, 0.6) is 0 Å². The highest BCUT2D eigenvalue weighted by atomic mass is 35.5. The van der Waals surface area contributed by atoms with E-state index in [1.807, 2.05) is 17.4 Å². The van der Waals surface area contributed by atoms with Crippen molar-refractivity contribution in [3.05, 3.63) is 70.1 Å². The lowest BCUT2D eigenvalue weighted by Gasteiger charge is -2.38. The number of hydrogen-bond donors (Lipinski definition) is 0. The van der Waals surface area contributed by atoms with Crippen molar-refractivity contribution in [3.8, 4) is 0 Å². The average molecular weight is 371 g/mol. The summed E-state index contributed by atoms with van der Waals surface area (Å²) in [5.41, 5.74) is 2.82. The van der Waals surface area contributed by atoms with Crippen molar-refractivity contribution >= 4 is 33.0 Å². The summed E-state index contributed by atoms with van der Waals surface area (Å²) < 4.78 is 1.33. The number of nitrogens with zero attached hydrogens (tertiary/aromatic N) is 2. The van der Waals surface area contributed by atoms with Crippen molar-refractivity contribution in [2.45, 2.75) is 19.5 Å². The second-order valence-corrected chi connectivity index (χ2v) is 8.15. The normalized spacial score (nSPS) is 17.8. The standard InChI is InChI=1S/C21H23ClN2S/c1-16(17-5-3-2-4-6-17)24-11-9-23(10-12-24)14-18-15-25-21-8-7-19(22)13-20(18)21/h2-8,13,15-16H,9-12,14H2,1H3. The zero-order valence-corrected chi connectivity index (χ0v) is 16.1. The maximum Gasteiger partial charge on any atom is 0.0413 e. The lowest BCUT2D eigenvalue weighted by molar-refractivity contribution is 0.0982. The molecule has 2 aromatic carbocycles. The van der Waals surface area contributed by atoms with Crippen LogP contribution in [0.2, 0.25) is 5.02 Å². The molecule has 0 bridgehead atoms. The molecule has 130 valence electrons. The van der Waals surface area contributed by atoms with Gasteiger partial charge < -0.3 is 0 Å². The fourth-order valence-electron chi connectivity index (χ4n) is 3.67. The van der Waals surface area contributed by atoms with Crippen molar-refractivity contribution in [3.63, 3.8) is 0 Å². The van der Waals surface area contributed by atoms with Gasteiger partial charge in [-0.05, 0) is 47.0 Å². The molecule has 1 aromatic heterocycles. The van der Waals surface area contributed by atoms with Gasteiger partial charge in [-0.25, -0.2) is 0 Å². The molecule has 1 unspecified atom stereocenters. The Morgan fingerprint density at radius 2 is 1.80 bits per heavy atom. The molecule has 0 amide bonds. The van der Waals surface area contributed by atoms with Gasteiger partial charge in [0.15, 0.2) is 0 Å². The minimum atomic E-state index is 0.490. The lowest BCUT2D eigenvalue weighted by Crippen LogP contribution is -2.46. The third-order valence-electron chi connectivity index (χ3n) is 5.25. The Hall–Kier alpha value is -1.39. The molecular weight excluding hydrogens is 348 g/mol. The quantitative estimate of drug-likeness (QED) is 0.603. The van der Waals surface area contributed by atoms with Gasteiger partial charge in [0, 0.05) is 48.5 Å². The Kier molecular flexibility index (Phi) is 5.09. The van der Waals surface area contributed by atoms with Crippen LogP contribution in [0.1, 0.15) is 24.1 Å². The highest BCUT2D eigenvalue weighted by Crippen LogP contribution is 2.30. The molecule has 2 nitrogen and oxygen atoms in total. The van der Waals surface area contributed by atoms with Crippen LogP contribution in [0, 0.1) is 0 Å². The number of benzene rings is 2. The summed E-state index contributed by atoms with van der Waals surface area (Å²) in [5.74, 6) is 0. The van der Waals surface area contributed by atoms with Crippen molar-refractivity contribution < 1.29 is 0 Å². The fourth-order valence-corrected chi connectivity index (χ4v) is 4.77. The molecule has 1 saturated heterocycles. The van der Waals surface area contributed by atoms with Gasteiger partial charge in [-0.3, -0.25) is 9.80 Å². The fraction of sp³-hybridized carbons (Fsp3) is 0.333. The summed E-state index contributed by atoms with van der Waals surface area (Å²) in [4.78, 5) is 5.16. The largest absolute Gasteiger partial charge is 0.296 e. The Morgan fingerprint density at radius 3 is 2.56 bits per heavy atom. The van der Waals surface area contributed by atoms with Crippen LogP contribution in [-0.2, 0) is 6.54 Å². The van der Waals surface area contributed by atoms with Crippen LogP contribution in [0.25, 0.3) is 10.1 Å². The predicted octanol–water partition coefficient (Wildman–Crippen LogP) is 5.43. The second-order valence-electron chi connectivity index (χ2n) is 6.80. The van der Waals surface area contributed by atoms with Crippen LogP contribution in [-0.4, -0.2) is 36.0 Å². The molecule has 1 aliphatic heterocycles. The number of halogens is 1. The summed E-state index contributed by atoms with van der Waals surface area (Å²) in [6.07, 6.45) is 0. The van der Waals surface area contributed by atoms with Crippen molar-refractivity contribution in [2.24, 2.45) is 0 Å². The van der Waals surface area contributed by atoms with Crippen LogP contribution >= 0.6 is 22.9 Å². The van der Waals surface area contributed by atoms with Gasteiger partial charge in [0.05, 0.1) is 0 Å². The van der Waals surface area contributed by atoms with Crippen LogP contribution in [0.3, 0.4) is 0 Å². The Morgan fingerprint density at radius 1 is 1.04 bits per heavy atom. The molecule has 4 heteroatoms. The van der Waals surface area contributed by atoms with Crippen LogP contribution < -0.4 is 0 Å². The van der Waals surface area contributed by atoms with E-state index in [1.165, 1.54) is 21.2 Å². The van der Waals surface area contributed by atoms with Gasteiger partial charge in [-0.2, -0.15) is 0 Å². The minimum absolute atomic E-state index is 0.490. The lowest BCUT2D eigenvalue weighted by atomic mass is 10.1. The molecule has 0 radical (unpaired) electrons. The first-order valence-electron chi connectivity index (χ1n) is 8.88. The molecule has 0 aliphatic carbocycles. The van der Waals surface area contributed by atoms with Gasteiger partial charge in [-0.15, -0.1) is 11.3 Å². The summed E-state index contributed by atoms with van der Waals surface area (Å²) in [7, 11) is 0. The number of rotatable bonds is 4. The maximum absolute atomic E-state index is 6.19. The summed E-state index contributed by atoms with van der Waals surface area (Å²) in [6.45, 7) is 7.83. The van der Waals surface area contributed by atoms with E-state index in [1.54, 1.807) is 0 Å². The molecule has 3 aromatic rings. The molecule has 4 rings (SSSR count). The SMILES string of the molecule is CC(c1ccccc1)N1CCN(Cc2csc3ccc(Cl)cc23)CC1. The predicted molar refractivity (Wildman–Crippen MR) is 109 cm³/mol. The molecule has 2 heterocycles. The number of fused-ring (bicyclic) bond motifs is 1. The van der Waals surface area contributed by atoms with E-state index < -0.39 is 0 Å². The third-order valence-corrected chi connectivity index (χ3v) is 6.49. The second kappa shape index (κ2) is 7.46. The maximum atomic E-state index is 6.19. The van der Waals surface area contributed by atoms with E-state index in [4.69, 9.17) is 11.6 Å². The average Bonchev–Trinajstić information content (AvgIpc) is 3.04. The first-order chi connectivity index (χ1) is 12.2. The zero-order valence-electron chi connectivity index (χ0n) is 14.5. The molecule has 0 saturated carbocycles. The summed E-state index contributed by atoms with van der Waals surface area (Å²) >= 11 is 8.01. The van der Waals surface area contributed by atoms with Gasteiger partial charge >= 0.3 is 0 Å². The molecular formula is C21H23ClN2S. The van der Waals surface area contributed by atoms with E-state index in [9.17, 15) is 0 Å². The van der Waals surface area contributed by atoms with Crippen molar-refractivity contribution in [1.29, 1.82) is 0 Å². The smallest absolute Gasteiger partial charge is 0.0413 e. The van der Waals surface area contributed by atoms with E-state index in [-0.39, 0.29) is 0 Å². The van der Waals surface area contributed by atoms with Crippen LogP contribution in [0.4, 0.5) is 0 Å². The highest BCUT2D eigenvalue weighted by Gasteiger charge is 2.22.